The molecule has 1 fully saturated rings. The largest absolute Gasteiger partial charge is 0.424 e. The van der Waals surface area contributed by atoms with Crippen LogP contribution in [0, 0.1) is 6.92 Å². The average molecular weight is 337 g/mol. The molecule has 1 N–H and O–H groups in total. The van der Waals surface area contributed by atoms with Crippen LogP contribution in [-0.2, 0) is 0 Å². The van der Waals surface area contributed by atoms with Gasteiger partial charge in [0.15, 0.2) is 0 Å². The molecule has 6 heteroatoms. The number of benzene rings is 1. The molecular weight excluding hydrogens is 314 g/mol. The van der Waals surface area contributed by atoms with Gasteiger partial charge in [0.2, 0.25) is 11.8 Å². The first kappa shape index (κ1) is 16.0. The average Bonchev–Trinajstić information content (AvgIpc) is 3.31. The summed E-state index contributed by atoms with van der Waals surface area (Å²) in [5, 5.41) is 8.14. The zero-order valence-electron chi connectivity index (χ0n) is 14.6. The zero-order chi connectivity index (χ0) is 17.2. The Balaban J connectivity index is 1.49. The third kappa shape index (κ3) is 3.35. The minimum absolute atomic E-state index is 0.132. The highest BCUT2D eigenvalue weighted by molar-refractivity contribution is 5.58. The van der Waals surface area contributed by atoms with Gasteiger partial charge in [-0.1, -0.05) is 30.3 Å². The van der Waals surface area contributed by atoms with Gasteiger partial charge in [-0.05, 0) is 31.9 Å². The van der Waals surface area contributed by atoms with Crippen LogP contribution in [0.15, 0.2) is 40.9 Å². The maximum absolute atomic E-state index is 5.61. The van der Waals surface area contributed by atoms with Crippen LogP contribution in [0.5, 0.6) is 0 Å². The molecule has 0 radical (unpaired) electrons. The van der Waals surface area contributed by atoms with Gasteiger partial charge in [-0.3, -0.25) is 4.90 Å². The summed E-state index contributed by atoms with van der Waals surface area (Å²) < 4.78 is 5.61. The normalized spacial score (nSPS) is 19.8. The van der Waals surface area contributed by atoms with Crippen molar-refractivity contribution < 1.29 is 4.42 Å². The smallest absolute Gasteiger partial charge is 0.233 e. The Morgan fingerprint density at radius 1 is 1.24 bits per heavy atom. The van der Waals surface area contributed by atoms with E-state index in [0.29, 0.717) is 17.7 Å². The number of nitrogens with one attached hydrogen (secondary N) is 1. The fourth-order valence-corrected chi connectivity index (χ4v) is 3.53. The molecule has 25 heavy (non-hydrogen) atoms. The Labute approximate surface area is 147 Å². The predicted molar refractivity (Wildman–Crippen MR) is 95.0 cm³/mol. The van der Waals surface area contributed by atoms with Crippen molar-refractivity contribution in [3.63, 3.8) is 0 Å². The zero-order valence-corrected chi connectivity index (χ0v) is 14.6. The van der Waals surface area contributed by atoms with Crippen LogP contribution in [0.4, 0.5) is 0 Å². The highest BCUT2D eigenvalue weighted by Gasteiger charge is 2.29. The van der Waals surface area contributed by atoms with Crippen molar-refractivity contribution in [3.8, 4) is 11.3 Å². The van der Waals surface area contributed by atoms with E-state index >= 15 is 0 Å². The van der Waals surface area contributed by atoms with E-state index < -0.39 is 0 Å². The minimum atomic E-state index is 0.132. The van der Waals surface area contributed by atoms with Gasteiger partial charge in [0.05, 0.1) is 17.9 Å². The number of likely N-dealkylation sites (tertiary alicyclic amines) is 1. The van der Waals surface area contributed by atoms with Crippen molar-refractivity contribution in [3.05, 3.63) is 54.1 Å². The van der Waals surface area contributed by atoms with E-state index in [-0.39, 0.29) is 6.04 Å². The Bertz CT molecular complexity index is 825. The third-order valence-electron chi connectivity index (χ3n) is 4.97. The number of rotatable bonds is 4. The topological polar surface area (TPSA) is 70.8 Å². The van der Waals surface area contributed by atoms with Gasteiger partial charge in [-0.25, -0.2) is 4.98 Å². The Morgan fingerprint density at radius 3 is 2.84 bits per heavy atom. The van der Waals surface area contributed by atoms with Crippen molar-refractivity contribution in [2.24, 2.45) is 0 Å². The number of aryl methyl sites for hydroxylation is 1. The fourth-order valence-electron chi connectivity index (χ4n) is 3.53. The summed E-state index contributed by atoms with van der Waals surface area (Å²) in [5.74, 6) is 2.78. The summed E-state index contributed by atoms with van der Waals surface area (Å²) in [7, 11) is 0. The van der Waals surface area contributed by atoms with Crippen LogP contribution < -0.4 is 0 Å². The molecule has 2 aromatic heterocycles. The SMILES string of the molecule is Cc1nnc(C(C)N2CCCC(c3ncc(-c4ccccc4)[nH]3)C2)o1. The molecule has 0 saturated carbocycles. The van der Waals surface area contributed by atoms with Crippen LogP contribution in [0.25, 0.3) is 11.3 Å². The van der Waals surface area contributed by atoms with Gasteiger partial charge in [-0.2, -0.15) is 0 Å². The van der Waals surface area contributed by atoms with Gasteiger partial charge in [0.1, 0.15) is 5.82 Å². The van der Waals surface area contributed by atoms with Gasteiger partial charge in [0, 0.05) is 19.4 Å². The van der Waals surface area contributed by atoms with Gasteiger partial charge in [-0.15, -0.1) is 10.2 Å². The standard InChI is InChI=1S/C19H23N5O/c1-13(19-23-22-14(2)25-19)24-10-6-9-16(12-24)18-20-11-17(21-18)15-7-4-3-5-8-15/h3-5,7-8,11,13,16H,6,9-10,12H2,1-2H3,(H,20,21). The minimum Gasteiger partial charge on any atom is -0.424 e. The number of aromatic amines is 1. The second-order valence-electron chi connectivity index (χ2n) is 6.72. The van der Waals surface area contributed by atoms with Crippen LogP contribution >= 0.6 is 0 Å². The summed E-state index contributed by atoms with van der Waals surface area (Å²) in [6.07, 6.45) is 4.23. The van der Waals surface area contributed by atoms with Crippen molar-refractivity contribution in [2.75, 3.05) is 13.1 Å². The highest BCUT2D eigenvalue weighted by Crippen LogP contribution is 2.31. The second kappa shape index (κ2) is 6.80. The molecule has 3 heterocycles. The van der Waals surface area contributed by atoms with Crippen LogP contribution in [0.2, 0.25) is 0 Å². The number of nitrogens with zero attached hydrogens (tertiary/aromatic N) is 4. The number of H-pyrrole nitrogens is 1. The van der Waals surface area contributed by atoms with Gasteiger partial charge < -0.3 is 9.40 Å². The molecule has 6 nitrogen and oxygen atoms in total. The number of hydrogen-bond acceptors (Lipinski definition) is 5. The van der Waals surface area contributed by atoms with Crippen LogP contribution in [-0.4, -0.2) is 38.2 Å². The van der Waals surface area contributed by atoms with Crippen molar-refractivity contribution >= 4 is 0 Å². The first-order valence-corrected chi connectivity index (χ1v) is 8.85. The lowest BCUT2D eigenvalue weighted by molar-refractivity contribution is 0.136. The van der Waals surface area contributed by atoms with Crippen LogP contribution in [0.1, 0.15) is 49.3 Å². The van der Waals surface area contributed by atoms with Crippen LogP contribution in [0.3, 0.4) is 0 Å². The molecule has 0 bridgehead atoms. The molecule has 1 aromatic carbocycles. The van der Waals surface area contributed by atoms with E-state index in [9.17, 15) is 0 Å². The Kier molecular flexibility index (Phi) is 4.36. The lowest BCUT2D eigenvalue weighted by Gasteiger charge is -2.34. The summed E-state index contributed by atoms with van der Waals surface area (Å²) in [4.78, 5) is 10.6. The third-order valence-corrected chi connectivity index (χ3v) is 4.97. The second-order valence-corrected chi connectivity index (χ2v) is 6.72. The number of piperidine rings is 1. The Hall–Kier alpha value is -2.47. The quantitative estimate of drug-likeness (QED) is 0.786. The number of aromatic nitrogens is 4. The Morgan fingerprint density at radius 2 is 2.08 bits per heavy atom. The monoisotopic (exact) mass is 337 g/mol. The van der Waals surface area contributed by atoms with E-state index in [1.807, 2.05) is 31.3 Å². The van der Waals surface area contributed by atoms with Crippen molar-refractivity contribution in [1.82, 2.24) is 25.1 Å². The molecule has 1 saturated heterocycles. The molecule has 3 aromatic rings. The summed E-state index contributed by atoms with van der Waals surface area (Å²) in [5.41, 5.74) is 2.25. The van der Waals surface area contributed by atoms with E-state index in [4.69, 9.17) is 4.42 Å². The predicted octanol–water partition coefficient (Wildman–Crippen LogP) is 3.71. The fraction of sp³-hybridized carbons (Fsp3) is 0.421. The van der Waals surface area contributed by atoms with E-state index in [0.717, 1.165) is 37.4 Å². The van der Waals surface area contributed by atoms with E-state index in [1.54, 1.807) is 0 Å². The lowest BCUT2D eigenvalue weighted by Crippen LogP contribution is -2.36. The molecule has 1 aliphatic heterocycles. The van der Waals surface area contributed by atoms with Gasteiger partial charge in [0.25, 0.3) is 0 Å². The highest BCUT2D eigenvalue weighted by atomic mass is 16.4. The first-order chi connectivity index (χ1) is 12.2. The molecule has 0 aliphatic carbocycles. The summed E-state index contributed by atoms with van der Waals surface area (Å²) >= 11 is 0. The molecule has 0 amide bonds. The summed E-state index contributed by atoms with van der Waals surface area (Å²) in [6.45, 7) is 5.96. The number of imidazole rings is 1. The van der Waals surface area contributed by atoms with Crippen molar-refractivity contribution in [1.29, 1.82) is 0 Å². The van der Waals surface area contributed by atoms with Gasteiger partial charge >= 0.3 is 0 Å². The molecule has 4 rings (SSSR count). The lowest BCUT2D eigenvalue weighted by atomic mass is 9.96. The molecular formula is C19H23N5O. The molecule has 0 spiro atoms. The molecule has 2 atom stereocenters. The van der Waals surface area contributed by atoms with Crippen molar-refractivity contribution in [2.45, 2.75) is 38.6 Å². The number of hydrogen-bond donors (Lipinski definition) is 1. The maximum Gasteiger partial charge on any atom is 0.233 e. The van der Waals surface area contributed by atoms with E-state index in [1.165, 1.54) is 5.56 Å². The first-order valence-electron chi connectivity index (χ1n) is 8.85. The maximum atomic E-state index is 5.61. The molecule has 1 aliphatic rings. The molecule has 2 unspecified atom stereocenters. The summed E-state index contributed by atoms with van der Waals surface area (Å²) in [6, 6.07) is 10.5. The van der Waals surface area contributed by atoms with E-state index in [2.05, 4.69) is 44.1 Å². The molecule has 130 valence electrons.